The number of nitrogens with one attached hydrogen (secondary N) is 1. The summed E-state index contributed by atoms with van der Waals surface area (Å²) in [5.41, 5.74) is 2.30. The Kier molecular flexibility index (Phi) is 2.74. The SMILES string of the molecule is Cc1cc([N+](=O)[O-])cc2c1N[C@H](C(=O)O)[C@@H]1CC=C[C@@H]21. The van der Waals surface area contributed by atoms with E-state index < -0.39 is 16.9 Å². The lowest BCUT2D eigenvalue weighted by molar-refractivity contribution is -0.385. The van der Waals surface area contributed by atoms with Crippen LogP contribution in [0.25, 0.3) is 0 Å². The maximum atomic E-state index is 11.4. The summed E-state index contributed by atoms with van der Waals surface area (Å²) in [6.07, 6.45) is 4.59. The van der Waals surface area contributed by atoms with E-state index >= 15 is 0 Å². The van der Waals surface area contributed by atoms with E-state index in [1.807, 2.05) is 12.2 Å². The van der Waals surface area contributed by atoms with Gasteiger partial charge in [0.05, 0.1) is 4.92 Å². The number of carboxylic acids is 1. The number of hydrogen-bond acceptors (Lipinski definition) is 4. The van der Waals surface area contributed by atoms with Crippen LogP contribution < -0.4 is 5.32 Å². The molecule has 3 atom stereocenters. The molecule has 1 aromatic rings. The maximum Gasteiger partial charge on any atom is 0.326 e. The van der Waals surface area contributed by atoms with Gasteiger partial charge in [0.25, 0.3) is 5.69 Å². The molecule has 0 aromatic heterocycles. The number of carbonyl (C=O) groups is 1. The Morgan fingerprint density at radius 1 is 1.50 bits per heavy atom. The molecule has 0 saturated carbocycles. The summed E-state index contributed by atoms with van der Waals surface area (Å²) in [7, 11) is 0. The van der Waals surface area contributed by atoms with E-state index in [0.29, 0.717) is 12.0 Å². The van der Waals surface area contributed by atoms with Gasteiger partial charge in [0.2, 0.25) is 0 Å². The van der Waals surface area contributed by atoms with Crippen molar-refractivity contribution in [3.8, 4) is 0 Å². The van der Waals surface area contributed by atoms with Crippen LogP contribution in [0, 0.1) is 23.0 Å². The molecule has 6 nitrogen and oxygen atoms in total. The van der Waals surface area contributed by atoms with E-state index in [9.17, 15) is 20.0 Å². The molecule has 1 aromatic carbocycles. The number of nitrogens with zero attached hydrogens (tertiary/aromatic N) is 1. The number of nitro benzene ring substituents is 1. The molecule has 104 valence electrons. The summed E-state index contributed by atoms with van der Waals surface area (Å²) >= 11 is 0. The molecule has 6 heteroatoms. The predicted octanol–water partition coefficient (Wildman–Crippen LogP) is 2.44. The summed E-state index contributed by atoms with van der Waals surface area (Å²) in [5, 5.41) is 23.4. The second kappa shape index (κ2) is 4.33. The fraction of sp³-hybridized carbons (Fsp3) is 0.357. The topological polar surface area (TPSA) is 92.5 Å². The quantitative estimate of drug-likeness (QED) is 0.491. The predicted molar refractivity (Wildman–Crippen MR) is 72.9 cm³/mol. The number of nitro groups is 1. The van der Waals surface area contributed by atoms with Crippen molar-refractivity contribution in [3.63, 3.8) is 0 Å². The summed E-state index contributed by atoms with van der Waals surface area (Å²) in [4.78, 5) is 22.0. The van der Waals surface area contributed by atoms with Gasteiger partial charge in [0.1, 0.15) is 6.04 Å². The fourth-order valence-corrected chi connectivity index (χ4v) is 3.22. The second-order valence-electron chi connectivity index (χ2n) is 5.30. The van der Waals surface area contributed by atoms with Crippen LogP contribution in [0.5, 0.6) is 0 Å². The van der Waals surface area contributed by atoms with Gasteiger partial charge in [-0.2, -0.15) is 0 Å². The minimum absolute atomic E-state index is 0.0517. The Morgan fingerprint density at radius 2 is 2.25 bits per heavy atom. The Labute approximate surface area is 115 Å². The third-order valence-electron chi connectivity index (χ3n) is 4.13. The summed E-state index contributed by atoms with van der Waals surface area (Å²) in [5.74, 6) is -1.03. The molecule has 1 aliphatic heterocycles. The third-order valence-corrected chi connectivity index (χ3v) is 4.13. The van der Waals surface area contributed by atoms with E-state index in [2.05, 4.69) is 5.32 Å². The highest BCUT2D eigenvalue weighted by Gasteiger charge is 2.41. The lowest BCUT2D eigenvalue weighted by Gasteiger charge is -2.35. The Hall–Kier alpha value is -2.37. The number of hydrogen-bond donors (Lipinski definition) is 2. The smallest absolute Gasteiger partial charge is 0.326 e. The number of anilines is 1. The Morgan fingerprint density at radius 3 is 2.90 bits per heavy atom. The molecule has 0 fully saturated rings. The molecular formula is C14H14N2O4. The molecule has 0 radical (unpaired) electrons. The number of fused-ring (bicyclic) bond motifs is 3. The summed E-state index contributed by atoms with van der Waals surface area (Å²) in [6.45, 7) is 1.76. The molecular weight excluding hydrogens is 260 g/mol. The van der Waals surface area contributed by atoms with Crippen LogP contribution in [0.3, 0.4) is 0 Å². The number of carboxylic acid groups (broad SMARTS) is 1. The van der Waals surface area contributed by atoms with E-state index in [1.54, 1.807) is 13.0 Å². The Balaban J connectivity index is 2.15. The van der Waals surface area contributed by atoms with Crippen LogP contribution in [0.15, 0.2) is 24.3 Å². The van der Waals surface area contributed by atoms with Gasteiger partial charge in [0.15, 0.2) is 0 Å². The van der Waals surface area contributed by atoms with Crippen molar-refractivity contribution in [2.75, 3.05) is 5.32 Å². The van der Waals surface area contributed by atoms with Gasteiger partial charge in [-0.25, -0.2) is 4.79 Å². The van der Waals surface area contributed by atoms with Crippen molar-refractivity contribution in [1.29, 1.82) is 0 Å². The fourth-order valence-electron chi connectivity index (χ4n) is 3.22. The zero-order valence-electron chi connectivity index (χ0n) is 10.9. The number of non-ortho nitro benzene ring substituents is 1. The third kappa shape index (κ3) is 1.76. The molecule has 20 heavy (non-hydrogen) atoms. The molecule has 3 rings (SSSR count). The van der Waals surface area contributed by atoms with Gasteiger partial charge in [-0.1, -0.05) is 12.2 Å². The minimum atomic E-state index is -0.882. The van der Waals surface area contributed by atoms with Crippen molar-refractivity contribution in [2.24, 2.45) is 5.92 Å². The first-order valence-corrected chi connectivity index (χ1v) is 6.44. The van der Waals surface area contributed by atoms with E-state index in [-0.39, 0.29) is 17.5 Å². The normalized spacial score (nSPS) is 26.6. The maximum absolute atomic E-state index is 11.4. The molecule has 0 bridgehead atoms. The van der Waals surface area contributed by atoms with Crippen LogP contribution in [0.1, 0.15) is 23.5 Å². The van der Waals surface area contributed by atoms with Gasteiger partial charge in [-0.3, -0.25) is 10.1 Å². The number of aliphatic carboxylic acids is 1. The van der Waals surface area contributed by atoms with Crippen LogP contribution in [0.4, 0.5) is 11.4 Å². The van der Waals surface area contributed by atoms with Gasteiger partial charge in [0, 0.05) is 29.7 Å². The van der Waals surface area contributed by atoms with Gasteiger partial charge in [-0.15, -0.1) is 0 Å². The monoisotopic (exact) mass is 274 g/mol. The van der Waals surface area contributed by atoms with E-state index in [1.165, 1.54) is 6.07 Å². The largest absolute Gasteiger partial charge is 0.480 e. The van der Waals surface area contributed by atoms with Crippen LogP contribution in [0.2, 0.25) is 0 Å². The van der Waals surface area contributed by atoms with Crippen molar-refractivity contribution >= 4 is 17.3 Å². The van der Waals surface area contributed by atoms with Gasteiger partial charge in [-0.05, 0) is 24.5 Å². The molecule has 1 heterocycles. The van der Waals surface area contributed by atoms with E-state index in [0.717, 1.165) is 11.3 Å². The van der Waals surface area contributed by atoms with Crippen molar-refractivity contribution < 1.29 is 14.8 Å². The van der Waals surface area contributed by atoms with Crippen LogP contribution in [-0.4, -0.2) is 22.0 Å². The number of rotatable bonds is 2. The summed E-state index contributed by atoms with van der Waals surface area (Å²) < 4.78 is 0. The zero-order chi connectivity index (χ0) is 14.4. The Bertz CT molecular complexity index is 638. The number of benzene rings is 1. The molecule has 0 amide bonds. The van der Waals surface area contributed by atoms with Crippen molar-refractivity contribution in [1.82, 2.24) is 0 Å². The molecule has 0 spiro atoms. The van der Waals surface area contributed by atoms with E-state index in [4.69, 9.17) is 0 Å². The first kappa shape index (κ1) is 12.7. The van der Waals surface area contributed by atoms with Crippen molar-refractivity contribution in [2.45, 2.75) is 25.3 Å². The molecule has 2 aliphatic rings. The standard InChI is InChI=1S/C14H14N2O4/c1-7-5-8(16(19)20)6-11-9-3-2-4-10(9)13(14(17)18)15-12(7)11/h2-3,5-6,9-10,13,15H,4H2,1H3,(H,17,18)/t9-,10-,13+/m1/s1. The first-order valence-electron chi connectivity index (χ1n) is 6.44. The van der Waals surface area contributed by atoms with Gasteiger partial charge < -0.3 is 10.4 Å². The summed E-state index contributed by atoms with van der Waals surface area (Å²) in [6, 6.07) is 2.38. The second-order valence-corrected chi connectivity index (χ2v) is 5.30. The molecule has 0 unspecified atom stereocenters. The number of allylic oxidation sites excluding steroid dienone is 2. The highest BCUT2D eigenvalue weighted by atomic mass is 16.6. The molecule has 2 N–H and O–H groups in total. The molecule has 1 aliphatic carbocycles. The average molecular weight is 274 g/mol. The van der Waals surface area contributed by atoms with Crippen LogP contribution >= 0.6 is 0 Å². The average Bonchev–Trinajstić information content (AvgIpc) is 2.86. The number of aryl methyl sites for hydroxylation is 1. The molecule has 0 saturated heterocycles. The van der Waals surface area contributed by atoms with Gasteiger partial charge >= 0.3 is 5.97 Å². The zero-order valence-corrected chi connectivity index (χ0v) is 10.9. The highest BCUT2D eigenvalue weighted by molar-refractivity contribution is 5.82. The van der Waals surface area contributed by atoms with Crippen molar-refractivity contribution in [3.05, 3.63) is 45.5 Å². The minimum Gasteiger partial charge on any atom is -0.480 e. The van der Waals surface area contributed by atoms with Crippen LogP contribution in [-0.2, 0) is 4.79 Å². The highest BCUT2D eigenvalue weighted by Crippen LogP contribution is 2.46. The lowest BCUT2D eigenvalue weighted by atomic mass is 9.78. The lowest BCUT2D eigenvalue weighted by Crippen LogP contribution is -2.42. The first-order chi connectivity index (χ1) is 9.49.